The third-order valence-electron chi connectivity index (χ3n) is 2.59. The molecule has 94 valence electrons. The van der Waals surface area contributed by atoms with Gasteiger partial charge in [0.05, 0.1) is 6.20 Å². The number of aromatic nitrogens is 2. The van der Waals surface area contributed by atoms with Gasteiger partial charge in [-0.3, -0.25) is 0 Å². The van der Waals surface area contributed by atoms with Gasteiger partial charge in [0.25, 0.3) is 0 Å². The fourth-order valence-corrected chi connectivity index (χ4v) is 1.71. The Morgan fingerprint density at radius 2 is 2.24 bits per heavy atom. The van der Waals surface area contributed by atoms with Crippen LogP contribution in [0.15, 0.2) is 6.20 Å². The van der Waals surface area contributed by atoms with Gasteiger partial charge in [0, 0.05) is 24.7 Å². The molecule has 17 heavy (non-hydrogen) atoms. The highest BCUT2D eigenvalue weighted by atomic mass is 16.6. The maximum Gasteiger partial charge on any atom is 0.410 e. The molecule has 6 heteroatoms. The topological polar surface area (TPSA) is 84.2 Å². The smallest absolute Gasteiger partial charge is 0.410 e. The maximum absolute atomic E-state index is 11.7. The molecule has 1 aliphatic rings. The SMILES string of the molecule is CC(C)(C)OC(=O)N1CC(c2cnc(N)[nH]2)C1. The molecule has 0 spiro atoms. The van der Waals surface area contributed by atoms with Gasteiger partial charge < -0.3 is 20.4 Å². The Kier molecular flexibility index (Phi) is 2.73. The summed E-state index contributed by atoms with van der Waals surface area (Å²) in [5, 5.41) is 0. The summed E-state index contributed by atoms with van der Waals surface area (Å²) in [6, 6.07) is 0. The minimum atomic E-state index is -0.444. The van der Waals surface area contributed by atoms with Gasteiger partial charge in [-0.15, -0.1) is 0 Å². The van der Waals surface area contributed by atoms with Crippen LogP contribution < -0.4 is 5.73 Å². The minimum absolute atomic E-state index is 0.263. The normalized spacial score (nSPS) is 16.8. The van der Waals surface area contributed by atoms with Crippen LogP contribution >= 0.6 is 0 Å². The van der Waals surface area contributed by atoms with Crippen LogP contribution in [0.4, 0.5) is 10.7 Å². The third-order valence-corrected chi connectivity index (χ3v) is 2.59. The van der Waals surface area contributed by atoms with Gasteiger partial charge in [-0.1, -0.05) is 0 Å². The van der Waals surface area contributed by atoms with Crippen LogP contribution in [0, 0.1) is 0 Å². The van der Waals surface area contributed by atoms with Crippen molar-refractivity contribution in [2.45, 2.75) is 32.3 Å². The summed E-state index contributed by atoms with van der Waals surface area (Å²) < 4.78 is 5.27. The lowest BCUT2D eigenvalue weighted by atomic mass is 9.98. The standard InChI is InChI=1S/C11H18N4O2/c1-11(2,3)17-10(16)15-5-7(6-15)8-4-13-9(12)14-8/h4,7H,5-6H2,1-3H3,(H3,12,13,14). The predicted octanol–water partition coefficient (Wildman–Crippen LogP) is 1.33. The number of hydrogen-bond donors (Lipinski definition) is 2. The summed E-state index contributed by atoms with van der Waals surface area (Å²) in [7, 11) is 0. The Morgan fingerprint density at radius 3 is 2.71 bits per heavy atom. The molecule has 2 heterocycles. The van der Waals surface area contributed by atoms with Crippen molar-refractivity contribution in [2.24, 2.45) is 0 Å². The first-order valence-corrected chi connectivity index (χ1v) is 5.63. The van der Waals surface area contributed by atoms with Gasteiger partial charge in [-0.2, -0.15) is 0 Å². The number of nitrogens with two attached hydrogens (primary N) is 1. The van der Waals surface area contributed by atoms with Crippen molar-refractivity contribution in [3.63, 3.8) is 0 Å². The van der Waals surface area contributed by atoms with Crippen LogP contribution in [-0.4, -0.2) is 39.7 Å². The van der Waals surface area contributed by atoms with Crippen LogP contribution in [-0.2, 0) is 4.74 Å². The Hall–Kier alpha value is -1.72. The van der Waals surface area contributed by atoms with Crippen molar-refractivity contribution >= 4 is 12.0 Å². The van der Waals surface area contributed by atoms with E-state index < -0.39 is 5.60 Å². The molecule has 3 N–H and O–H groups in total. The Labute approximate surface area is 100 Å². The molecule has 0 radical (unpaired) electrons. The lowest BCUT2D eigenvalue weighted by Crippen LogP contribution is -2.50. The lowest BCUT2D eigenvalue weighted by molar-refractivity contribution is 0.00791. The summed E-state index contributed by atoms with van der Waals surface area (Å²) in [5.41, 5.74) is 6.03. The van der Waals surface area contributed by atoms with E-state index in [1.165, 1.54) is 0 Å². The molecular weight excluding hydrogens is 220 g/mol. The fraction of sp³-hybridized carbons (Fsp3) is 0.636. The number of ether oxygens (including phenoxy) is 1. The molecule has 0 aliphatic carbocycles. The number of amides is 1. The number of nitrogen functional groups attached to an aromatic ring is 1. The van der Waals surface area contributed by atoms with Gasteiger partial charge in [0.2, 0.25) is 0 Å². The van der Waals surface area contributed by atoms with Gasteiger partial charge >= 0.3 is 6.09 Å². The van der Waals surface area contributed by atoms with Crippen LogP contribution in [0.1, 0.15) is 32.4 Å². The number of carbonyl (C=O) groups excluding carboxylic acids is 1. The molecular formula is C11H18N4O2. The van der Waals surface area contributed by atoms with Crippen molar-refractivity contribution < 1.29 is 9.53 Å². The number of rotatable bonds is 1. The molecule has 0 bridgehead atoms. The number of nitrogens with zero attached hydrogens (tertiary/aromatic N) is 2. The second kappa shape index (κ2) is 3.94. The number of likely N-dealkylation sites (tertiary alicyclic amines) is 1. The van der Waals surface area contributed by atoms with Gasteiger partial charge in [-0.05, 0) is 20.8 Å². The van der Waals surface area contributed by atoms with E-state index in [2.05, 4.69) is 9.97 Å². The average Bonchev–Trinajstić information content (AvgIpc) is 2.45. The number of imidazole rings is 1. The monoisotopic (exact) mass is 238 g/mol. The van der Waals surface area contributed by atoms with Crippen LogP contribution in [0.3, 0.4) is 0 Å². The van der Waals surface area contributed by atoms with E-state index in [0.717, 1.165) is 5.69 Å². The number of carbonyl (C=O) groups is 1. The van der Waals surface area contributed by atoms with Crippen LogP contribution in [0.2, 0.25) is 0 Å². The molecule has 1 amide bonds. The van der Waals surface area contributed by atoms with E-state index in [1.54, 1.807) is 11.1 Å². The molecule has 1 fully saturated rings. The predicted molar refractivity (Wildman–Crippen MR) is 63.5 cm³/mol. The number of aromatic amines is 1. The zero-order valence-electron chi connectivity index (χ0n) is 10.4. The van der Waals surface area contributed by atoms with E-state index >= 15 is 0 Å². The highest BCUT2D eigenvalue weighted by Gasteiger charge is 2.35. The average molecular weight is 238 g/mol. The zero-order valence-corrected chi connectivity index (χ0v) is 10.4. The van der Waals surface area contributed by atoms with Crippen molar-refractivity contribution in [2.75, 3.05) is 18.8 Å². The third kappa shape index (κ3) is 2.69. The van der Waals surface area contributed by atoms with Gasteiger partial charge in [0.15, 0.2) is 5.95 Å². The van der Waals surface area contributed by atoms with Gasteiger partial charge in [-0.25, -0.2) is 9.78 Å². The molecule has 0 saturated carbocycles. The Morgan fingerprint density at radius 1 is 1.59 bits per heavy atom. The molecule has 6 nitrogen and oxygen atoms in total. The lowest BCUT2D eigenvalue weighted by Gasteiger charge is -2.39. The molecule has 1 aromatic rings. The largest absolute Gasteiger partial charge is 0.444 e. The summed E-state index contributed by atoms with van der Waals surface area (Å²) in [4.78, 5) is 20.3. The highest BCUT2D eigenvalue weighted by molar-refractivity contribution is 5.69. The van der Waals surface area contributed by atoms with E-state index in [-0.39, 0.29) is 12.0 Å². The van der Waals surface area contributed by atoms with Gasteiger partial charge in [0.1, 0.15) is 5.60 Å². The molecule has 2 rings (SSSR count). The van der Waals surface area contributed by atoms with Crippen LogP contribution in [0.25, 0.3) is 0 Å². The molecule has 0 atom stereocenters. The van der Waals surface area contributed by atoms with Crippen molar-refractivity contribution in [1.29, 1.82) is 0 Å². The quantitative estimate of drug-likeness (QED) is 0.773. The first kappa shape index (κ1) is 11.8. The first-order valence-electron chi connectivity index (χ1n) is 5.63. The van der Waals surface area contributed by atoms with E-state index in [0.29, 0.717) is 19.0 Å². The maximum atomic E-state index is 11.7. The Balaban J connectivity index is 1.85. The molecule has 1 saturated heterocycles. The molecule has 1 aromatic heterocycles. The summed E-state index contributed by atoms with van der Waals surface area (Å²) in [6.07, 6.45) is 1.45. The van der Waals surface area contributed by atoms with E-state index in [9.17, 15) is 4.79 Å². The number of anilines is 1. The minimum Gasteiger partial charge on any atom is -0.444 e. The second-order valence-corrected chi connectivity index (χ2v) is 5.31. The number of H-pyrrole nitrogens is 1. The first-order chi connectivity index (χ1) is 7.85. The zero-order chi connectivity index (χ0) is 12.6. The Bertz CT molecular complexity index is 415. The molecule has 0 aromatic carbocycles. The second-order valence-electron chi connectivity index (χ2n) is 5.31. The van der Waals surface area contributed by atoms with Crippen molar-refractivity contribution in [3.05, 3.63) is 11.9 Å². The number of nitrogens with one attached hydrogen (secondary N) is 1. The number of hydrogen-bond acceptors (Lipinski definition) is 4. The molecule has 1 aliphatic heterocycles. The van der Waals surface area contributed by atoms with E-state index in [4.69, 9.17) is 10.5 Å². The fourth-order valence-electron chi connectivity index (χ4n) is 1.71. The molecule has 0 unspecified atom stereocenters. The summed E-state index contributed by atoms with van der Waals surface area (Å²) >= 11 is 0. The summed E-state index contributed by atoms with van der Waals surface area (Å²) in [6.45, 7) is 6.88. The van der Waals surface area contributed by atoms with Crippen molar-refractivity contribution in [1.82, 2.24) is 14.9 Å². The van der Waals surface area contributed by atoms with E-state index in [1.807, 2.05) is 20.8 Å². The highest BCUT2D eigenvalue weighted by Crippen LogP contribution is 2.27. The van der Waals surface area contributed by atoms with Crippen molar-refractivity contribution in [3.8, 4) is 0 Å². The van der Waals surface area contributed by atoms with Crippen LogP contribution in [0.5, 0.6) is 0 Å². The summed E-state index contributed by atoms with van der Waals surface area (Å²) in [5.74, 6) is 0.697.